The van der Waals surface area contributed by atoms with Gasteiger partial charge in [-0.3, -0.25) is 4.79 Å². The fourth-order valence-electron chi connectivity index (χ4n) is 2.40. The lowest BCUT2D eigenvalue weighted by molar-refractivity contribution is -0.115. The summed E-state index contributed by atoms with van der Waals surface area (Å²) in [5, 5.41) is 11.4. The maximum absolute atomic E-state index is 13.2. The van der Waals surface area contributed by atoms with Crippen molar-refractivity contribution in [3.05, 3.63) is 71.8 Å². The number of rotatable bonds is 6. The van der Waals surface area contributed by atoms with Crippen LogP contribution in [-0.2, 0) is 18.3 Å². The first-order valence-corrected chi connectivity index (χ1v) is 9.06. The van der Waals surface area contributed by atoms with Gasteiger partial charge in [0.1, 0.15) is 11.6 Å². The molecule has 7 heteroatoms. The quantitative estimate of drug-likeness (QED) is 0.673. The second-order valence-electron chi connectivity index (χ2n) is 5.88. The topological polar surface area (TPSA) is 59.8 Å². The van der Waals surface area contributed by atoms with Crippen LogP contribution in [0.25, 0.3) is 0 Å². The molecular formula is C19H19FN4OS. The number of halogens is 1. The molecule has 1 heterocycles. The van der Waals surface area contributed by atoms with E-state index in [1.807, 2.05) is 41.9 Å². The lowest BCUT2D eigenvalue weighted by atomic mass is 10.1. The highest BCUT2D eigenvalue weighted by Crippen LogP contribution is 2.23. The molecule has 1 atom stereocenters. The van der Waals surface area contributed by atoms with Crippen LogP contribution in [-0.4, -0.2) is 25.9 Å². The highest BCUT2D eigenvalue weighted by atomic mass is 32.2. The van der Waals surface area contributed by atoms with Crippen molar-refractivity contribution in [1.29, 1.82) is 0 Å². The summed E-state index contributed by atoms with van der Waals surface area (Å²) in [6.45, 7) is 1.78. The number of anilines is 1. The van der Waals surface area contributed by atoms with Crippen LogP contribution < -0.4 is 5.32 Å². The second-order valence-corrected chi connectivity index (χ2v) is 7.19. The van der Waals surface area contributed by atoms with E-state index in [2.05, 4.69) is 15.5 Å². The van der Waals surface area contributed by atoms with E-state index in [0.717, 1.165) is 11.4 Å². The van der Waals surface area contributed by atoms with Gasteiger partial charge in [0.05, 0.1) is 5.25 Å². The standard InChI is InChI=1S/C19H19FN4OS/c1-13(18(25)21-16-10-6-9-15(20)12-16)26-19-23-22-17(24(19)2)11-14-7-4-3-5-8-14/h3-10,12-13H,11H2,1-2H3,(H,21,25)/t13-/m1/s1. The van der Waals surface area contributed by atoms with Crippen LogP contribution in [0.2, 0.25) is 0 Å². The smallest absolute Gasteiger partial charge is 0.237 e. The number of nitrogens with one attached hydrogen (secondary N) is 1. The Labute approximate surface area is 155 Å². The molecule has 1 aromatic heterocycles. The number of hydrogen-bond acceptors (Lipinski definition) is 4. The zero-order chi connectivity index (χ0) is 18.5. The minimum absolute atomic E-state index is 0.215. The van der Waals surface area contributed by atoms with Gasteiger partial charge in [-0.1, -0.05) is 48.2 Å². The molecule has 3 rings (SSSR count). The van der Waals surface area contributed by atoms with Crippen LogP contribution >= 0.6 is 11.8 Å². The zero-order valence-electron chi connectivity index (χ0n) is 14.5. The molecule has 5 nitrogen and oxygen atoms in total. The molecule has 0 bridgehead atoms. The van der Waals surface area contributed by atoms with Crippen LogP contribution in [0.1, 0.15) is 18.3 Å². The van der Waals surface area contributed by atoms with Crippen molar-refractivity contribution in [2.45, 2.75) is 23.8 Å². The monoisotopic (exact) mass is 370 g/mol. The fourth-order valence-corrected chi connectivity index (χ4v) is 3.24. The second kappa shape index (κ2) is 8.14. The van der Waals surface area contributed by atoms with E-state index in [-0.39, 0.29) is 11.7 Å². The molecule has 0 aliphatic carbocycles. The normalized spacial score (nSPS) is 12.0. The summed E-state index contributed by atoms with van der Waals surface area (Å²) < 4.78 is 15.1. The van der Waals surface area contributed by atoms with Crippen molar-refractivity contribution < 1.29 is 9.18 Å². The molecule has 1 amide bonds. The van der Waals surface area contributed by atoms with Crippen LogP contribution in [0.15, 0.2) is 59.8 Å². The third-order valence-corrected chi connectivity index (χ3v) is 5.01. The van der Waals surface area contributed by atoms with E-state index < -0.39 is 5.25 Å². The van der Waals surface area contributed by atoms with Crippen LogP contribution in [0.5, 0.6) is 0 Å². The number of aromatic nitrogens is 3. The minimum Gasteiger partial charge on any atom is -0.325 e. The number of nitrogens with zero attached hydrogens (tertiary/aromatic N) is 3. The molecule has 26 heavy (non-hydrogen) atoms. The first-order valence-electron chi connectivity index (χ1n) is 8.18. The molecule has 2 aromatic carbocycles. The van der Waals surface area contributed by atoms with E-state index in [1.165, 1.54) is 23.9 Å². The van der Waals surface area contributed by atoms with Crippen molar-refractivity contribution in [1.82, 2.24) is 14.8 Å². The van der Waals surface area contributed by atoms with Gasteiger partial charge in [-0.2, -0.15) is 0 Å². The molecule has 1 N–H and O–H groups in total. The third-order valence-electron chi connectivity index (χ3n) is 3.87. The molecule has 0 aliphatic heterocycles. The third kappa shape index (κ3) is 4.49. The molecule has 0 unspecified atom stereocenters. The summed E-state index contributed by atoms with van der Waals surface area (Å²) >= 11 is 1.32. The lowest BCUT2D eigenvalue weighted by Gasteiger charge is -2.11. The molecule has 0 aliphatic rings. The summed E-state index contributed by atoms with van der Waals surface area (Å²) in [6, 6.07) is 15.9. The predicted molar refractivity (Wildman–Crippen MR) is 101 cm³/mol. The van der Waals surface area contributed by atoms with Gasteiger partial charge in [0.25, 0.3) is 0 Å². The number of carbonyl (C=O) groups is 1. The predicted octanol–water partition coefficient (Wildman–Crippen LogP) is 3.66. The summed E-state index contributed by atoms with van der Waals surface area (Å²) in [6.07, 6.45) is 0.675. The summed E-state index contributed by atoms with van der Waals surface area (Å²) in [5.74, 6) is 0.228. The Morgan fingerprint density at radius 2 is 1.96 bits per heavy atom. The van der Waals surface area contributed by atoms with Gasteiger partial charge in [-0.15, -0.1) is 10.2 Å². The Morgan fingerprint density at radius 1 is 1.19 bits per heavy atom. The molecule has 0 saturated carbocycles. The maximum Gasteiger partial charge on any atom is 0.237 e. The first kappa shape index (κ1) is 18.1. The van der Waals surface area contributed by atoms with Crippen molar-refractivity contribution in [3.8, 4) is 0 Å². The Balaban J connectivity index is 1.64. The number of carbonyl (C=O) groups excluding carboxylic acids is 1. The van der Waals surface area contributed by atoms with Crippen LogP contribution in [0.4, 0.5) is 10.1 Å². The highest BCUT2D eigenvalue weighted by molar-refractivity contribution is 8.00. The average molecular weight is 370 g/mol. The van der Waals surface area contributed by atoms with Gasteiger partial charge in [-0.05, 0) is 30.7 Å². The Kier molecular flexibility index (Phi) is 5.68. The molecule has 0 radical (unpaired) electrons. The SMILES string of the molecule is C[C@@H](Sc1nnc(Cc2ccccc2)n1C)C(=O)Nc1cccc(F)c1. The van der Waals surface area contributed by atoms with Gasteiger partial charge >= 0.3 is 0 Å². The van der Waals surface area contributed by atoms with Crippen LogP contribution in [0.3, 0.4) is 0 Å². The maximum atomic E-state index is 13.2. The Hall–Kier alpha value is -2.67. The summed E-state index contributed by atoms with van der Waals surface area (Å²) in [5.41, 5.74) is 1.58. The average Bonchev–Trinajstić information content (AvgIpc) is 2.96. The largest absolute Gasteiger partial charge is 0.325 e. The fraction of sp³-hybridized carbons (Fsp3) is 0.211. The first-order chi connectivity index (χ1) is 12.5. The van der Waals surface area contributed by atoms with Crippen molar-refractivity contribution in [2.75, 3.05) is 5.32 Å². The van der Waals surface area contributed by atoms with Gasteiger partial charge in [0, 0.05) is 19.2 Å². The van der Waals surface area contributed by atoms with Crippen LogP contribution in [0, 0.1) is 5.82 Å². The van der Waals surface area contributed by atoms with E-state index in [4.69, 9.17) is 0 Å². The van der Waals surface area contributed by atoms with E-state index in [0.29, 0.717) is 17.3 Å². The summed E-state index contributed by atoms with van der Waals surface area (Å²) in [4.78, 5) is 12.3. The Morgan fingerprint density at radius 3 is 2.69 bits per heavy atom. The van der Waals surface area contributed by atoms with E-state index in [1.54, 1.807) is 19.1 Å². The lowest BCUT2D eigenvalue weighted by Crippen LogP contribution is -2.22. The van der Waals surface area contributed by atoms with Gasteiger partial charge in [0.2, 0.25) is 5.91 Å². The number of thioether (sulfide) groups is 1. The molecule has 0 fully saturated rings. The summed E-state index contributed by atoms with van der Waals surface area (Å²) in [7, 11) is 1.89. The highest BCUT2D eigenvalue weighted by Gasteiger charge is 2.19. The molecule has 3 aromatic rings. The van der Waals surface area contributed by atoms with Gasteiger partial charge in [0.15, 0.2) is 5.16 Å². The number of hydrogen-bond donors (Lipinski definition) is 1. The molecule has 0 spiro atoms. The Bertz CT molecular complexity index is 898. The number of benzene rings is 2. The van der Waals surface area contributed by atoms with E-state index in [9.17, 15) is 9.18 Å². The molecule has 134 valence electrons. The van der Waals surface area contributed by atoms with E-state index >= 15 is 0 Å². The molecule has 0 saturated heterocycles. The van der Waals surface area contributed by atoms with Gasteiger partial charge < -0.3 is 9.88 Å². The van der Waals surface area contributed by atoms with Crippen molar-refractivity contribution in [2.24, 2.45) is 7.05 Å². The van der Waals surface area contributed by atoms with Crippen molar-refractivity contribution >= 4 is 23.4 Å². The molecular weight excluding hydrogens is 351 g/mol. The van der Waals surface area contributed by atoms with Gasteiger partial charge in [-0.25, -0.2) is 4.39 Å². The minimum atomic E-state index is -0.397. The number of amides is 1. The van der Waals surface area contributed by atoms with Crippen molar-refractivity contribution in [3.63, 3.8) is 0 Å². The zero-order valence-corrected chi connectivity index (χ0v) is 15.3.